The molecule has 4 aromatic rings. The quantitative estimate of drug-likeness (QED) is 0.420. The fourth-order valence-corrected chi connectivity index (χ4v) is 3.83. The highest BCUT2D eigenvalue weighted by Gasteiger charge is 2.23. The highest BCUT2D eigenvalue weighted by molar-refractivity contribution is 7.80. The van der Waals surface area contributed by atoms with Crippen LogP contribution in [0, 0.1) is 0 Å². The summed E-state index contributed by atoms with van der Waals surface area (Å²) in [6, 6.07) is 27.5. The Kier molecular flexibility index (Phi) is 5.24. The second-order valence-electron chi connectivity index (χ2n) is 7.08. The van der Waals surface area contributed by atoms with Gasteiger partial charge in [0.2, 0.25) is 0 Å². The Morgan fingerprint density at radius 1 is 0.839 bits per heavy atom. The van der Waals surface area contributed by atoms with Gasteiger partial charge in [0, 0.05) is 16.1 Å². The van der Waals surface area contributed by atoms with Crippen LogP contribution in [0.1, 0.15) is 11.6 Å². The maximum atomic E-state index is 6.06. The highest BCUT2D eigenvalue weighted by Crippen LogP contribution is 2.27. The van der Waals surface area contributed by atoms with Gasteiger partial charge in [-0.3, -0.25) is 0 Å². The second-order valence-corrected chi connectivity index (χ2v) is 7.93. The standard InChI is InChI=1S/C24H18ClN5S/c25-19-13-11-16(12-14-19)20-15-21(27-24(31)26-20)30-23(18-9-5-2-6-10-18)28-22(29-30)17-7-3-1-4-8-17/h1-15,20H,(H2,26,27,31). The summed E-state index contributed by atoms with van der Waals surface area (Å²) in [5, 5.41) is 12.6. The Balaban J connectivity index is 1.63. The fourth-order valence-electron chi connectivity index (χ4n) is 3.47. The van der Waals surface area contributed by atoms with E-state index in [-0.39, 0.29) is 6.04 Å². The van der Waals surface area contributed by atoms with E-state index in [1.165, 1.54) is 0 Å². The first-order valence-corrected chi connectivity index (χ1v) is 10.6. The van der Waals surface area contributed by atoms with Crippen LogP contribution in [0.2, 0.25) is 5.02 Å². The van der Waals surface area contributed by atoms with Crippen LogP contribution in [0.5, 0.6) is 0 Å². The molecule has 7 heteroatoms. The van der Waals surface area contributed by atoms with E-state index in [0.717, 1.165) is 28.3 Å². The molecule has 0 bridgehead atoms. The summed E-state index contributed by atoms with van der Waals surface area (Å²) in [5.74, 6) is 2.13. The lowest BCUT2D eigenvalue weighted by molar-refractivity contribution is 0.733. The Morgan fingerprint density at radius 2 is 1.48 bits per heavy atom. The summed E-state index contributed by atoms with van der Waals surface area (Å²) in [4.78, 5) is 4.85. The molecule has 1 aromatic heterocycles. The smallest absolute Gasteiger partial charge is 0.182 e. The van der Waals surface area contributed by atoms with Crippen LogP contribution in [0.25, 0.3) is 28.6 Å². The molecule has 0 radical (unpaired) electrons. The van der Waals surface area contributed by atoms with E-state index in [4.69, 9.17) is 33.9 Å². The zero-order valence-corrected chi connectivity index (χ0v) is 17.9. The van der Waals surface area contributed by atoms with Crippen molar-refractivity contribution in [3.8, 4) is 22.8 Å². The molecule has 1 atom stereocenters. The molecule has 2 heterocycles. The SMILES string of the molecule is S=C1NC(n2nc(-c3ccccc3)nc2-c2ccccc2)=CC(c2ccc(Cl)cc2)N1. The van der Waals surface area contributed by atoms with Crippen molar-refractivity contribution >= 4 is 34.8 Å². The van der Waals surface area contributed by atoms with Crippen LogP contribution in [0.3, 0.4) is 0 Å². The molecule has 0 saturated carbocycles. The molecular formula is C24H18ClN5S. The third kappa shape index (κ3) is 4.08. The third-order valence-corrected chi connectivity index (χ3v) is 5.45. The molecule has 0 aliphatic carbocycles. The number of hydrogen-bond donors (Lipinski definition) is 2. The zero-order valence-electron chi connectivity index (χ0n) is 16.4. The van der Waals surface area contributed by atoms with Crippen LogP contribution in [-0.2, 0) is 0 Å². The predicted octanol–water partition coefficient (Wildman–Crippen LogP) is 5.28. The van der Waals surface area contributed by atoms with E-state index in [2.05, 4.69) is 16.7 Å². The summed E-state index contributed by atoms with van der Waals surface area (Å²) >= 11 is 11.6. The average Bonchev–Trinajstić information content (AvgIpc) is 3.26. The minimum absolute atomic E-state index is 0.117. The van der Waals surface area contributed by atoms with Crippen LogP contribution in [0.4, 0.5) is 0 Å². The lowest BCUT2D eigenvalue weighted by atomic mass is 10.1. The first-order chi connectivity index (χ1) is 15.2. The first-order valence-electron chi connectivity index (χ1n) is 9.80. The first kappa shape index (κ1) is 19.5. The van der Waals surface area contributed by atoms with Crippen LogP contribution >= 0.6 is 23.8 Å². The van der Waals surface area contributed by atoms with Gasteiger partial charge in [0.1, 0.15) is 5.82 Å². The monoisotopic (exact) mass is 443 g/mol. The average molecular weight is 444 g/mol. The normalized spacial score (nSPS) is 15.7. The highest BCUT2D eigenvalue weighted by atomic mass is 35.5. The van der Waals surface area contributed by atoms with Crippen LogP contribution in [-0.4, -0.2) is 19.9 Å². The Labute approximate surface area is 190 Å². The van der Waals surface area contributed by atoms with Crippen molar-refractivity contribution in [3.63, 3.8) is 0 Å². The van der Waals surface area contributed by atoms with Gasteiger partial charge in [0.15, 0.2) is 16.8 Å². The molecule has 5 rings (SSSR count). The molecule has 0 saturated heterocycles. The Bertz CT molecular complexity index is 1250. The molecule has 5 nitrogen and oxygen atoms in total. The Morgan fingerprint density at radius 3 is 2.16 bits per heavy atom. The van der Waals surface area contributed by atoms with Gasteiger partial charge in [-0.15, -0.1) is 5.10 Å². The minimum atomic E-state index is -0.117. The van der Waals surface area contributed by atoms with Gasteiger partial charge in [0.25, 0.3) is 0 Å². The van der Waals surface area contributed by atoms with Crippen molar-refractivity contribution in [2.75, 3.05) is 0 Å². The van der Waals surface area contributed by atoms with E-state index in [9.17, 15) is 0 Å². The second kappa shape index (κ2) is 8.34. The van der Waals surface area contributed by atoms with Gasteiger partial charge < -0.3 is 10.6 Å². The van der Waals surface area contributed by atoms with Crippen molar-refractivity contribution < 1.29 is 0 Å². The number of nitrogens with one attached hydrogen (secondary N) is 2. The van der Waals surface area contributed by atoms with Gasteiger partial charge in [0.05, 0.1) is 6.04 Å². The molecule has 31 heavy (non-hydrogen) atoms. The van der Waals surface area contributed by atoms with E-state index in [1.807, 2.05) is 89.6 Å². The zero-order chi connectivity index (χ0) is 21.2. The number of halogens is 1. The molecule has 1 aliphatic rings. The molecule has 1 aliphatic heterocycles. The third-order valence-electron chi connectivity index (χ3n) is 4.98. The van der Waals surface area contributed by atoms with E-state index < -0.39 is 0 Å². The molecule has 0 fully saturated rings. The summed E-state index contributed by atoms with van der Waals surface area (Å²) < 4.78 is 1.81. The molecule has 1 unspecified atom stereocenters. The number of hydrogen-bond acceptors (Lipinski definition) is 3. The van der Waals surface area contributed by atoms with Crippen molar-refractivity contribution in [2.45, 2.75) is 6.04 Å². The maximum Gasteiger partial charge on any atom is 0.182 e. The Hall–Kier alpha value is -3.48. The minimum Gasteiger partial charge on any atom is -0.352 e. The fraction of sp³-hybridized carbons (Fsp3) is 0.0417. The lowest BCUT2D eigenvalue weighted by Gasteiger charge is -2.26. The van der Waals surface area contributed by atoms with E-state index >= 15 is 0 Å². The summed E-state index contributed by atoms with van der Waals surface area (Å²) in [7, 11) is 0. The molecule has 0 spiro atoms. The number of thiocarbonyl (C=S) groups is 1. The van der Waals surface area contributed by atoms with Gasteiger partial charge in [-0.1, -0.05) is 84.4 Å². The maximum absolute atomic E-state index is 6.06. The summed E-state index contributed by atoms with van der Waals surface area (Å²) in [5.41, 5.74) is 2.97. The van der Waals surface area contributed by atoms with Crippen LogP contribution in [0.15, 0.2) is 91.0 Å². The number of rotatable bonds is 4. The van der Waals surface area contributed by atoms with E-state index in [0.29, 0.717) is 16.0 Å². The molecular weight excluding hydrogens is 426 g/mol. The predicted molar refractivity (Wildman–Crippen MR) is 128 cm³/mol. The molecule has 152 valence electrons. The van der Waals surface area contributed by atoms with E-state index in [1.54, 1.807) is 0 Å². The summed E-state index contributed by atoms with van der Waals surface area (Å²) in [6.45, 7) is 0. The molecule has 3 aromatic carbocycles. The van der Waals surface area contributed by atoms with Crippen molar-refractivity contribution in [1.29, 1.82) is 0 Å². The molecule has 2 N–H and O–H groups in total. The van der Waals surface area contributed by atoms with Gasteiger partial charge in [-0.2, -0.15) is 4.68 Å². The lowest BCUT2D eigenvalue weighted by Crippen LogP contribution is -2.42. The number of benzene rings is 3. The van der Waals surface area contributed by atoms with Crippen LogP contribution < -0.4 is 10.6 Å². The van der Waals surface area contributed by atoms with Crippen molar-refractivity contribution in [3.05, 3.63) is 102 Å². The number of nitrogens with zero attached hydrogens (tertiary/aromatic N) is 3. The molecule has 0 amide bonds. The topological polar surface area (TPSA) is 54.8 Å². The van der Waals surface area contributed by atoms with Crippen molar-refractivity contribution in [1.82, 2.24) is 25.4 Å². The summed E-state index contributed by atoms with van der Waals surface area (Å²) in [6.07, 6.45) is 2.05. The van der Waals surface area contributed by atoms with Gasteiger partial charge >= 0.3 is 0 Å². The van der Waals surface area contributed by atoms with Gasteiger partial charge in [-0.25, -0.2) is 4.98 Å². The van der Waals surface area contributed by atoms with Gasteiger partial charge in [-0.05, 0) is 36.0 Å². The number of aromatic nitrogens is 3. The van der Waals surface area contributed by atoms with Crippen molar-refractivity contribution in [2.24, 2.45) is 0 Å². The largest absolute Gasteiger partial charge is 0.352 e.